The summed E-state index contributed by atoms with van der Waals surface area (Å²) in [6.45, 7) is 2.36. The van der Waals surface area contributed by atoms with Gasteiger partial charge in [-0.2, -0.15) is 13.2 Å². The number of amides is 1. The normalized spacial score (nSPS) is 22.4. The van der Waals surface area contributed by atoms with Gasteiger partial charge in [0.15, 0.2) is 0 Å². The number of carbonyl (C=O) groups is 1. The molecule has 3 heterocycles. The van der Waals surface area contributed by atoms with E-state index in [1.54, 1.807) is 17.0 Å². The molecule has 0 spiro atoms. The molecule has 29 heavy (non-hydrogen) atoms. The Kier molecular flexibility index (Phi) is 5.40. The van der Waals surface area contributed by atoms with Crippen molar-refractivity contribution in [3.05, 3.63) is 58.7 Å². The third kappa shape index (κ3) is 4.33. The van der Waals surface area contributed by atoms with E-state index in [2.05, 4.69) is 9.88 Å². The van der Waals surface area contributed by atoms with Crippen molar-refractivity contribution in [1.29, 1.82) is 0 Å². The number of fused-ring (bicyclic) bond motifs is 1. The van der Waals surface area contributed by atoms with Crippen LogP contribution < -0.4 is 4.74 Å². The highest BCUT2D eigenvalue weighted by atomic mass is 35.5. The van der Waals surface area contributed by atoms with Crippen LogP contribution >= 0.6 is 11.6 Å². The summed E-state index contributed by atoms with van der Waals surface area (Å²) in [7, 11) is 0. The van der Waals surface area contributed by atoms with Gasteiger partial charge in [-0.1, -0.05) is 17.7 Å². The van der Waals surface area contributed by atoms with Gasteiger partial charge in [0, 0.05) is 44.0 Å². The number of piperazine rings is 1. The van der Waals surface area contributed by atoms with Crippen LogP contribution in [0, 0.1) is 0 Å². The smallest absolute Gasteiger partial charge is 0.416 e. The maximum absolute atomic E-state index is 13.0. The maximum atomic E-state index is 13.0. The summed E-state index contributed by atoms with van der Waals surface area (Å²) in [5.74, 6) is 0.0635. The maximum Gasteiger partial charge on any atom is 0.416 e. The monoisotopic (exact) mass is 425 g/mol. The van der Waals surface area contributed by atoms with Gasteiger partial charge in [-0.15, -0.1) is 0 Å². The molecule has 0 aliphatic carbocycles. The van der Waals surface area contributed by atoms with E-state index in [0.717, 1.165) is 25.1 Å². The first-order valence-corrected chi connectivity index (χ1v) is 9.68. The molecule has 2 fully saturated rings. The molecule has 2 saturated heterocycles. The number of benzene rings is 1. The molecule has 0 N–H and O–H groups in total. The van der Waals surface area contributed by atoms with E-state index >= 15 is 0 Å². The van der Waals surface area contributed by atoms with Gasteiger partial charge >= 0.3 is 6.18 Å². The second-order valence-electron chi connectivity index (χ2n) is 7.19. The van der Waals surface area contributed by atoms with Gasteiger partial charge in [-0.3, -0.25) is 9.69 Å². The Labute approximate surface area is 171 Å². The fraction of sp³-hybridized carbons (Fsp3) is 0.400. The SMILES string of the molecule is O=C(c1cccc(C(F)(F)F)c1)N1CCN2CC[C@@H](Oc3ccc(Cl)cn3)[C@H]2C1. The van der Waals surface area contributed by atoms with Crippen molar-refractivity contribution in [3.63, 3.8) is 0 Å². The topological polar surface area (TPSA) is 45.7 Å². The second-order valence-corrected chi connectivity index (χ2v) is 7.63. The number of pyridine rings is 1. The Balaban J connectivity index is 1.47. The minimum atomic E-state index is -4.48. The fourth-order valence-corrected chi connectivity index (χ4v) is 4.00. The Morgan fingerprint density at radius 2 is 2.00 bits per heavy atom. The average molecular weight is 426 g/mol. The van der Waals surface area contributed by atoms with Crippen molar-refractivity contribution in [2.75, 3.05) is 26.2 Å². The lowest BCUT2D eigenvalue weighted by Gasteiger charge is -2.39. The Morgan fingerprint density at radius 1 is 1.17 bits per heavy atom. The first-order chi connectivity index (χ1) is 13.8. The molecule has 1 amide bonds. The van der Waals surface area contributed by atoms with Crippen LogP contribution in [0.25, 0.3) is 0 Å². The molecule has 2 aromatic rings. The quantitative estimate of drug-likeness (QED) is 0.751. The van der Waals surface area contributed by atoms with E-state index in [-0.39, 0.29) is 17.7 Å². The van der Waals surface area contributed by atoms with Crippen LogP contribution in [0.3, 0.4) is 0 Å². The van der Waals surface area contributed by atoms with Crippen LogP contribution in [0.1, 0.15) is 22.3 Å². The van der Waals surface area contributed by atoms with E-state index in [1.807, 2.05) is 0 Å². The van der Waals surface area contributed by atoms with Crippen LogP contribution in [0.2, 0.25) is 5.02 Å². The molecule has 0 unspecified atom stereocenters. The van der Waals surface area contributed by atoms with Gasteiger partial charge in [0.2, 0.25) is 5.88 Å². The zero-order valence-electron chi connectivity index (χ0n) is 15.4. The van der Waals surface area contributed by atoms with Crippen LogP contribution in [-0.2, 0) is 6.18 Å². The van der Waals surface area contributed by atoms with Gasteiger partial charge in [0.25, 0.3) is 5.91 Å². The third-order valence-corrected chi connectivity index (χ3v) is 5.58. The zero-order chi connectivity index (χ0) is 20.6. The van der Waals surface area contributed by atoms with Crippen molar-refractivity contribution in [3.8, 4) is 5.88 Å². The summed E-state index contributed by atoms with van der Waals surface area (Å²) in [6, 6.07) is 7.92. The second kappa shape index (κ2) is 7.84. The Hall–Kier alpha value is -2.32. The largest absolute Gasteiger partial charge is 0.473 e. The van der Waals surface area contributed by atoms with Crippen molar-refractivity contribution < 1.29 is 22.7 Å². The molecule has 4 rings (SSSR count). The number of rotatable bonds is 3. The van der Waals surface area contributed by atoms with Crippen LogP contribution in [-0.4, -0.2) is 59.0 Å². The number of halogens is 4. The highest BCUT2D eigenvalue weighted by molar-refractivity contribution is 6.30. The van der Waals surface area contributed by atoms with E-state index in [0.29, 0.717) is 30.5 Å². The predicted octanol–water partition coefficient (Wildman–Crippen LogP) is 3.73. The van der Waals surface area contributed by atoms with E-state index in [9.17, 15) is 18.0 Å². The number of hydrogen-bond donors (Lipinski definition) is 0. The number of aromatic nitrogens is 1. The Morgan fingerprint density at radius 3 is 2.72 bits per heavy atom. The van der Waals surface area contributed by atoms with Gasteiger partial charge in [-0.05, 0) is 30.7 Å². The number of ether oxygens (including phenoxy) is 1. The highest BCUT2D eigenvalue weighted by Crippen LogP contribution is 2.31. The number of carbonyl (C=O) groups excluding carboxylic acids is 1. The molecule has 0 saturated carbocycles. The van der Waals surface area contributed by atoms with Gasteiger partial charge in [0.05, 0.1) is 16.6 Å². The van der Waals surface area contributed by atoms with Crippen molar-refractivity contribution in [2.45, 2.75) is 24.7 Å². The van der Waals surface area contributed by atoms with Gasteiger partial charge < -0.3 is 9.64 Å². The predicted molar refractivity (Wildman–Crippen MR) is 101 cm³/mol. The van der Waals surface area contributed by atoms with E-state index in [4.69, 9.17) is 16.3 Å². The molecule has 1 aromatic heterocycles. The summed E-state index contributed by atoms with van der Waals surface area (Å²) < 4.78 is 44.9. The molecule has 2 atom stereocenters. The van der Waals surface area contributed by atoms with Crippen LogP contribution in [0.5, 0.6) is 5.88 Å². The summed E-state index contributed by atoms with van der Waals surface area (Å²) in [4.78, 5) is 20.8. The molecule has 2 aliphatic heterocycles. The lowest BCUT2D eigenvalue weighted by Crippen LogP contribution is -2.55. The molecule has 5 nitrogen and oxygen atoms in total. The molecular formula is C20H19ClF3N3O2. The lowest BCUT2D eigenvalue weighted by molar-refractivity contribution is -0.137. The Bertz CT molecular complexity index is 891. The third-order valence-electron chi connectivity index (χ3n) is 5.36. The molecule has 1 aromatic carbocycles. The highest BCUT2D eigenvalue weighted by Gasteiger charge is 2.41. The first-order valence-electron chi connectivity index (χ1n) is 9.30. The molecular weight excluding hydrogens is 407 g/mol. The molecule has 2 aliphatic rings. The minimum absolute atomic E-state index is 0.0315. The summed E-state index contributed by atoms with van der Waals surface area (Å²) in [5, 5.41) is 0.515. The summed E-state index contributed by atoms with van der Waals surface area (Å²) in [5.41, 5.74) is -0.777. The first kappa shape index (κ1) is 20.0. The van der Waals surface area contributed by atoms with Gasteiger partial charge in [0.1, 0.15) is 6.10 Å². The van der Waals surface area contributed by atoms with Crippen LogP contribution in [0.15, 0.2) is 42.6 Å². The summed E-state index contributed by atoms with van der Waals surface area (Å²) >= 11 is 5.85. The number of alkyl halides is 3. The van der Waals surface area contributed by atoms with E-state index < -0.39 is 17.6 Å². The van der Waals surface area contributed by atoms with Crippen molar-refractivity contribution in [2.24, 2.45) is 0 Å². The van der Waals surface area contributed by atoms with E-state index in [1.165, 1.54) is 18.3 Å². The molecule has 0 radical (unpaired) electrons. The number of hydrogen-bond acceptors (Lipinski definition) is 4. The van der Waals surface area contributed by atoms with Gasteiger partial charge in [-0.25, -0.2) is 4.98 Å². The zero-order valence-corrected chi connectivity index (χ0v) is 16.2. The minimum Gasteiger partial charge on any atom is -0.473 e. The molecule has 0 bridgehead atoms. The standard InChI is InChI=1S/C20H19ClF3N3O2/c21-15-4-5-18(25-11-15)29-17-6-7-26-8-9-27(12-16(17)26)19(28)13-2-1-3-14(10-13)20(22,23)24/h1-5,10-11,16-17H,6-9,12H2/t16-,17-/m1/s1. The van der Waals surface area contributed by atoms with Crippen molar-refractivity contribution >= 4 is 17.5 Å². The average Bonchev–Trinajstić information content (AvgIpc) is 3.10. The summed E-state index contributed by atoms with van der Waals surface area (Å²) in [6.07, 6.45) is -2.33. The fourth-order valence-electron chi connectivity index (χ4n) is 3.88. The van der Waals surface area contributed by atoms with Crippen molar-refractivity contribution in [1.82, 2.24) is 14.8 Å². The molecule has 9 heteroatoms. The van der Waals surface area contributed by atoms with Crippen LogP contribution in [0.4, 0.5) is 13.2 Å². The number of nitrogens with zero attached hydrogens (tertiary/aromatic N) is 3. The molecule has 154 valence electrons. The lowest BCUT2D eigenvalue weighted by atomic mass is 10.1.